The fourth-order valence-electron chi connectivity index (χ4n) is 3.38. The van der Waals surface area contributed by atoms with Gasteiger partial charge in [-0.05, 0) is 32.4 Å². The first-order valence-corrected chi connectivity index (χ1v) is 10.3. The lowest BCUT2D eigenvalue weighted by atomic mass is 10.1. The largest absolute Gasteiger partial charge is 0.340 e. The summed E-state index contributed by atoms with van der Waals surface area (Å²) in [7, 11) is 0. The van der Waals surface area contributed by atoms with Crippen LogP contribution < -0.4 is 5.32 Å². The number of hydrogen-bond acceptors (Lipinski definition) is 5. The topological polar surface area (TPSA) is 73.0 Å². The Morgan fingerprint density at radius 3 is 2.48 bits per heavy atom. The van der Waals surface area contributed by atoms with E-state index >= 15 is 0 Å². The second-order valence-electron chi connectivity index (χ2n) is 7.48. The van der Waals surface area contributed by atoms with Crippen LogP contribution in [-0.2, 0) is 16.1 Å². The van der Waals surface area contributed by atoms with Crippen LogP contribution in [0.15, 0.2) is 12.1 Å². The zero-order valence-corrected chi connectivity index (χ0v) is 17.2. The van der Waals surface area contributed by atoms with E-state index in [4.69, 9.17) is 11.6 Å². The standard InChI is InChI=1S/C18H25ClN4O3S/c1-18(2)16(25)23(17(26)20-18)7-3-4-15(24)22-10-8-21(9-11-22)12-13-5-6-14(19)27-13/h5-6H,3-4,7-12H2,1-2H3,(H,20,26). The van der Waals surface area contributed by atoms with Gasteiger partial charge in [0.25, 0.3) is 5.91 Å². The van der Waals surface area contributed by atoms with Crippen molar-refractivity contribution in [2.45, 2.75) is 38.8 Å². The summed E-state index contributed by atoms with van der Waals surface area (Å²) in [6, 6.07) is 3.58. The van der Waals surface area contributed by atoms with Crippen LogP contribution in [0.25, 0.3) is 0 Å². The van der Waals surface area contributed by atoms with Gasteiger partial charge in [-0.1, -0.05) is 11.6 Å². The maximum Gasteiger partial charge on any atom is 0.325 e. The maximum atomic E-state index is 12.4. The summed E-state index contributed by atoms with van der Waals surface area (Å²) in [4.78, 5) is 43.0. The van der Waals surface area contributed by atoms with E-state index in [0.717, 1.165) is 24.0 Å². The smallest absolute Gasteiger partial charge is 0.325 e. The van der Waals surface area contributed by atoms with E-state index in [1.807, 2.05) is 17.0 Å². The van der Waals surface area contributed by atoms with Gasteiger partial charge in [0.15, 0.2) is 0 Å². The number of rotatable bonds is 6. The van der Waals surface area contributed by atoms with Crippen LogP contribution in [0.4, 0.5) is 4.79 Å². The Morgan fingerprint density at radius 1 is 1.22 bits per heavy atom. The molecule has 9 heteroatoms. The van der Waals surface area contributed by atoms with Gasteiger partial charge in [-0.25, -0.2) is 4.79 Å². The molecule has 0 atom stereocenters. The number of nitrogens with one attached hydrogen (secondary N) is 1. The highest BCUT2D eigenvalue weighted by Crippen LogP contribution is 2.23. The summed E-state index contributed by atoms with van der Waals surface area (Å²) >= 11 is 7.56. The molecule has 2 saturated heterocycles. The molecule has 4 amide bonds. The molecule has 2 aliphatic heterocycles. The molecule has 3 heterocycles. The summed E-state index contributed by atoms with van der Waals surface area (Å²) < 4.78 is 0.798. The summed E-state index contributed by atoms with van der Waals surface area (Å²) in [5.74, 6) is -0.151. The number of nitrogens with zero attached hydrogens (tertiary/aromatic N) is 3. The number of hydrogen-bond donors (Lipinski definition) is 1. The number of urea groups is 1. The van der Waals surface area contributed by atoms with Gasteiger partial charge in [-0.2, -0.15) is 0 Å². The minimum atomic E-state index is -0.857. The first kappa shape index (κ1) is 20.1. The maximum absolute atomic E-state index is 12.4. The molecule has 1 aromatic rings. The fraction of sp³-hybridized carbons (Fsp3) is 0.611. The molecule has 0 aliphatic carbocycles. The third-order valence-corrected chi connectivity index (χ3v) is 6.17. The molecule has 27 heavy (non-hydrogen) atoms. The van der Waals surface area contributed by atoms with Crippen LogP contribution in [0, 0.1) is 0 Å². The Hall–Kier alpha value is -1.64. The molecule has 1 N–H and O–H groups in total. The van der Waals surface area contributed by atoms with Gasteiger partial charge < -0.3 is 10.2 Å². The molecule has 3 rings (SSSR count). The first-order valence-electron chi connectivity index (χ1n) is 9.15. The van der Waals surface area contributed by atoms with Crippen molar-refractivity contribution in [1.29, 1.82) is 0 Å². The van der Waals surface area contributed by atoms with Gasteiger partial charge in [0, 0.05) is 50.6 Å². The number of carbonyl (C=O) groups excluding carboxylic acids is 3. The molecule has 1 aromatic heterocycles. The highest BCUT2D eigenvalue weighted by Gasteiger charge is 2.43. The molecular formula is C18H25ClN4O3S. The van der Waals surface area contributed by atoms with E-state index in [1.165, 1.54) is 9.78 Å². The Bertz CT molecular complexity index is 728. The summed E-state index contributed by atoms with van der Waals surface area (Å²) in [5.41, 5.74) is -0.857. The summed E-state index contributed by atoms with van der Waals surface area (Å²) in [5, 5.41) is 2.65. The van der Waals surface area contributed by atoms with Crippen LogP contribution in [0.2, 0.25) is 4.34 Å². The molecule has 2 aliphatic rings. The lowest BCUT2D eigenvalue weighted by Gasteiger charge is -2.34. The average molecular weight is 413 g/mol. The summed E-state index contributed by atoms with van der Waals surface area (Å²) in [6.45, 7) is 7.58. The van der Waals surface area contributed by atoms with Crippen molar-refractivity contribution in [1.82, 2.24) is 20.0 Å². The predicted molar refractivity (Wildman–Crippen MR) is 105 cm³/mol. The molecule has 0 aromatic carbocycles. The number of piperazine rings is 1. The first-order chi connectivity index (χ1) is 12.8. The number of halogens is 1. The number of thiophene rings is 1. The Morgan fingerprint density at radius 2 is 1.93 bits per heavy atom. The molecule has 0 unspecified atom stereocenters. The van der Waals surface area contributed by atoms with E-state index in [2.05, 4.69) is 10.2 Å². The van der Waals surface area contributed by atoms with Crippen LogP contribution in [-0.4, -0.2) is 70.8 Å². The number of carbonyl (C=O) groups is 3. The highest BCUT2D eigenvalue weighted by atomic mass is 35.5. The Balaban J connectivity index is 1.38. The van der Waals surface area contributed by atoms with E-state index in [-0.39, 0.29) is 24.4 Å². The Labute approximate surface area is 168 Å². The number of amides is 4. The quantitative estimate of drug-likeness (QED) is 0.726. The van der Waals surface area contributed by atoms with E-state index in [9.17, 15) is 14.4 Å². The number of imide groups is 1. The molecule has 2 fully saturated rings. The normalized spacial score (nSPS) is 20.3. The minimum absolute atomic E-state index is 0.0835. The van der Waals surface area contributed by atoms with Crippen molar-refractivity contribution >= 4 is 40.8 Å². The lowest BCUT2D eigenvalue weighted by molar-refractivity contribution is -0.134. The monoisotopic (exact) mass is 412 g/mol. The minimum Gasteiger partial charge on any atom is -0.340 e. The van der Waals surface area contributed by atoms with Crippen molar-refractivity contribution in [3.8, 4) is 0 Å². The van der Waals surface area contributed by atoms with Crippen LogP contribution in [0.3, 0.4) is 0 Å². The molecule has 7 nitrogen and oxygen atoms in total. The molecule has 0 spiro atoms. The van der Waals surface area contributed by atoms with Crippen molar-refractivity contribution in [2.75, 3.05) is 32.7 Å². The third-order valence-electron chi connectivity index (χ3n) is 4.95. The molecule has 0 saturated carbocycles. The summed E-state index contributed by atoms with van der Waals surface area (Å²) in [6.07, 6.45) is 0.833. The van der Waals surface area contributed by atoms with Gasteiger partial charge in [-0.3, -0.25) is 19.4 Å². The molecule has 148 valence electrons. The van der Waals surface area contributed by atoms with Crippen molar-refractivity contribution in [2.24, 2.45) is 0 Å². The fourth-order valence-corrected chi connectivity index (χ4v) is 4.51. The van der Waals surface area contributed by atoms with Crippen molar-refractivity contribution < 1.29 is 14.4 Å². The van der Waals surface area contributed by atoms with Crippen LogP contribution in [0.5, 0.6) is 0 Å². The SMILES string of the molecule is CC1(C)NC(=O)N(CCCC(=O)N2CCN(Cc3ccc(Cl)s3)CC2)C1=O. The molecule has 0 radical (unpaired) electrons. The van der Waals surface area contributed by atoms with Gasteiger partial charge in [0.1, 0.15) is 5.54 Å². The van der Waals surface area contributed by atoms with Gasteiger partial charge in [0.05, 0.1) is 4.34 Å². The predicted octanol–water partition coefficient (Wildman–Crippen LogP) is 2.16. The van der Waals surface area contributed by atoms with Gasteiger partial charge in [0.2, 0.25) is 5.91 Å². The highest BCUT2D eigenvalue weighted by molar-refractivity contribution is 7.16. The Kier molecular flexibility index (Phi) is 6.08. The van der Waals surface area contributed by atoms with Crippen molar-refractivity contribution in [3.63, 3.8) is 0 Å². The van der Waals surface area contributed by atoms with E-state index in [1.54, 1.807) is 25.2 Å². The average Bonchev–Trinajstić information content (AvgIpc) is 3.10. The van der Waals surface area contributed by atoms with Crippen molar-refractivity contribution in [3.05, 3.63) is 21.3 Å². The lowest BCUT2D eigenvalue weighted by Crippen LogP contribution is -2.48. The van der Waals surface area contributed by atoms with Gasteiger partial charge in [-0.15, -0.1) is 11.3 Å². The second kappa shape index (κ2) is 8.16. The molecule has 0 bridgehead atoms. The zero-order valence-electron chi connectivity index (χ0n) is 15.7. The second-order valence-corrected chi connectivity index (χ2v) is 9.28. The van der Waals surface area contributed by atoms with Crippen LogP contribution >= 0.6 is 22.9 Å². The third kappa shape index (κ3) is 4.80. The van der Waals surface area contributed by atoms with E-state index < -0.39 is 5.54 Å². The zero-order chi connectivity index (χ0) is 19.6. The van der Waals surface area contributed by atoms with Gasteiger partial charge >= 0.3 is 6.03 Å². The molecular weight excluding hydrogens is 388 g/mol. The van der Waals surface area contributed by atoms with Crippen LogP contribution in [0.1, 0.15) is 31.6 Å². The van der Waals surface area contributed by atoms with E-state index in [0.29, 0.717) is 25.9 Å².